The number of pyridine rings is 1. The molecular weight excluding hydrogens is 334 g/mol. The van der Waals surface area contributed by atoms with Crippen LogP contribution in [0.3, 0.4) is 0 Å². The number of aryl methyl sites for hydroxylation is 1. The van der Waals surface area contributed by atoms with Crippen LogP contribution in [0, 0.1) is 0 Å². The molecule has 26 heavy (non-hydrogen) atoms. The summed E-state index contributed by atoms with van der Waals surface area (Å²) in [5.41, 5.74) is 2.55. The van der Waals surface area contributed by atoms with Gasteiger partial charge < -0.3 is 9.88 Å². The average molecular weight is 360 g/mol. The van der Waals surface area contributed by atoms with Crippen LogP contribution in [0.5, 0.6) is 0 Å². The van der Waals surface area contributed by atoms with Crippen molar-refractivity contribution in [2.24, 2.45) is 4.99 Å². The maximum Gasteiger partial charge on any atom is 0.250 e. The van der Waals surface area contributed by atoms with E-state index in [1.54, 1.807) is 6.20 Å². The van der Waals surface area contributed by atoms with Crippen LogP contribution in [0.1, 0.15) is 32.3 Å². The topological polar surface area (TPSA) is 42.2 Å². The number of hydrogen-bond donors (Lipinski definition) is 1. The number of rotatable bonds is 10. The van der Waals surface area contributed by atoms with E-state index < -0.39 is 5.92 Å². The smallest absolute Gasteiger partial charge is 0.250 e. The Morgan fingerprint density at radius 3 is 2.92 bits per heavy atom. The number of aliphatic imine (C=N–C) groups is 1. The van der Waals surface area contributed by atoms with E-state index in [9.17, 15) is 8.78 Å². The molecule has 0 aliphatic carbocycles. The van der Waals surface area contributed by atoms with Gasteiger partial charge in [-0.15, -0.1) is 0 Å². The molecule has 2 heterocycles. The highest BCUT2D eigenvalue weighted by Gasteiger charge is 2.27. The van der Waals surface area contributed by atoms with Crippen molar-refractivity contribution in [1.82, 2.24) is 14.9 Å². The van der Waals surface area contributed by atoms with Crippen molar-refractivity contribution in [1.29, 1.82) is 0 Å². The van der Waals surface area contributed by atoms with E-state index in [0.717, 1.165) is 22.3 Å². The summed E-state index contributed by atoms with van der Waals surface area (Å²) in [6, 6.07) is 3.88. The largest absolute Gasteiger partial charge is 0.391 e. The predicted molar refractivity (Wildman–Crippen MR) is 105 cm³/mol. The minimum atomic E-state index is -2.70. The van der Waals surface area contributed by atoms with E-state index in [4.69, 9.17) is 0 Å². The molecule has 0 amide bonds. The third-order valence-corrected chi connectivity index (χ3v) is 4.12. The van der Waals surface area contributed by atoms with Gasteiger partial charge in [0, 0.05) is 49.9 Å². The number of nitrogens with zero attached hydrogens (tertiary/aromatic N) is 3. The summed E-state index contributed by atoms with van der Waals surface area (Å²) in [5.74, 6) is -2.70. The Morgan fingerprint density at radius 1 is 1.42 bits per heavy atom. The Labute approximate surface area is 153 Å². The summed E-state index contributed by atoms with van der Waals surface area (Å²) in [6.45, 7) is 8.32. The van der Waals surface area contributed by atoms with Gasteiger partial charge in [0.1, 0.15) is 5.65 Å². The maximum absolute atomic E-state index is 13.9. The number of alkyl halides is 2. The summed E-state index contributed by atoms with van der Waals surface area (Å²) < 4.78 is 29.8. The molecule has 0 aliphatic heterocycles. The van der Waals surface area contributed by atoms with Crippen LogP contribution in [-0.4, -0.2) is 34.8 Å². The first-order valence-corrected chi connectivity index (χ1v) is 8.85. The molecule has 0 spiro atoms. The lowest BCUT2D eigenvalue weighted by Gasteiger charge is -2.16. The highest BCUT2D eigenvalue weighted by Crippen LogP contribution is 2.26. The van der Waals surface area contributed by atoms with E-state index in [2.05, 4.69) is 21.9 Å². The van der Waals surface area contributed by atoms with Crippen molar-refractivity contribution in [3.05, 3.63) is 48.9 Å². The SMILES string of the molecule is C=CNCCC(F)(F)CCc1cnc2c(ccn2/C(C=NCC)=C/C)c1. The molecule has 6 heteroatoms. The fourth-order valence-corrected chi connectivity index (χ4v) is 2.68. The molecule has 2 rings (SSSR count). The maximum atomic E-state index is 13.9. The zero-order chi connectivity index (χ0) is 19.0. The fourth-order valence-electron chi connectivity index (χ4n) is 2.68. The molecule has 4 nitrogen and oxygen atoms in total. The van der Waals surface area contributed by atoms with Crippen molar-refractivity contribution in [2.75, 3.05) is 13.1 Å². The normalized spacial score (nSPS) is 12.8. The Balaban J connectivity index is 2.10. The molecule has 0 fully saturated rings. The van der Waals surface area contributed by atoms with Gasteiger partial charge in [-0.25, -0.2) is 13.8 Å². The van der Waals surface area contributed by atoms with Gasteiger partial charge in [0.15, 0.2) is 0 Å². The van der Waals surface area contributed by atoms with Crippen LogP contribution < -0.4 is 5.32 Å². The zero-order valence-corrected chi connectivity index (χ0v) is 15.4. The monoisotopic (exact) mass is 360 g/mol. The number of fused-ring (bicyclic) bond motifs is 1. The van der Waals surface area contributed by atoms with Crippen LogP contribution in [-0.2, 0) is 6.42 Å². The van der Waals surface area contributed by atoms with Gasteiger partial charge in [-0.05, 0) is 44.2 Å². The van der Waals surface area contributed by atoms with E-state index >= 15 is 0 Å². The third kappa shape index (κ3) is 5.25. The predicted octanol–water partition coefficient (Wildman–Crippen LogP) is 4.68. The molecule has 0 unspecified atom stereocenters. The molecule has 1 N–H and O–H groups in total. The van der Waals surface area contributed by atoms with Gasteiger partial charge in [-0.2, -0.15) is 0 Å². The van der Waals surface area contributed by atoms with Gasteiger partial charge in [0.25, 0.3) is 0 Å². The lowest BCUT2D eigenvalue weighted by atomic mass is 10.0. The number of nitrogens with one attached hydrogen (secondary N) is 1. The lowest BCUT2D eigenvalue weighted by molar-refractivity contribution is -0.0145. The van der Waals surface area contributed by atoms with Gasteiger partial charge in [-0.3, -0.25) is 4.99 Å². The number of allylic oxidation sites excluding steroid dienone is 2. The number of aromatic nitrogens is 2. The molecule has 0 radical (unpaired) electrons. The molecule has 0 atom stereocenters. The van der Waals surface area contributed by atoms with Crippen molar-refractivity contribution in [3.63, 3.8) is 0 Å². The van der Waals surface area contributed by atoms with Crippen molar-refractivity contribution in [3.8, 4) is 0 Å². The van der Waals surface area contributed by atoms with Gasteiger partial charge >= 0.3 is 0 Å². The molecule has 0 saturated carbocycles. The molecule has 140 valence electrons. The molecule has 0 saturated heterocycles. The zero-order valence-electron chi connectivity index (χ0n) is 15.4. The Hall–Kier alpha value is -2.50. The first kappa shape index (κ1) is 19.8. The van der Waals surface area contributed by atoms with Crippen molar-refractivity contribution >= 4 is 22.9 Å². The minimum absolute atomic E-state index is 0.191. The van der Waals surface area contributed by atoms with Gasteiger partial charge in [-0.1, -0.05) is 12.7 Å². The van der Waals surface area contributed by atoms with Crippen LogP contribution in [0.2, 0.25) is 0 Å². The van der Waals surface area contributed by atoms with Crippen LogP contribution >= 0.6 is 0 Å². The van der Waals surface area contributed by atoms with Crippen LogP contribution in [0.15, 0.2) is 48.4 Å². The number of hydrogen-bond acceptors (Lipinski definition) is 3. The van der Waals surface area contributed by atoms with Crippen molar-refractivity contribution in [2.45, 2.75) is 39.0 Å². The molecule has 0 aromatic carbocycles. The van der Waals surface area contributed by atoms with Crippen molar-refractivity contribution < 1.29 is 8.78 Å². The first-order valence-electron chi connectivity index (χ1n) is 8.85. The Bertz CT molecular complexity index is 790. The van der Waals surface area contributed by atoms with E-state index in [1.165, 1.54) is 6.20 Å². The quantitative estimate of drug-likeness (QED) is 0.494. The molecular formula is C20H26F2N4. The second-order valence-electron chi connectivity index (χ2n) is 6.05. The molecule has 2 aromatic rings. The van der Waals surface area contributed by atoms with E-state index in [1.807, 2.05) is 49.0 Å². The van der Waals surface area contributed by atoms with E-state index in [0.29, 0.717) is 13.0 Å². The summed E-state index contributed by atoms with van der Waals surface area (Å²) in [7, 11) is 0. The molecule has 0 aliphatic rings. The summed E-state index contributed by atoms with van der Waals surface area (Å²) in [4.78, 5) is 8.76. The minimum Gasteiger partial charge on any atom is -0.391 e. The standard InChI is InChI=1S/C20H26F2N4/c1-4-18(15-24-6-3)26-12-8-17-13-16(14-25-19(17)26)7-9-20(21,22)10-11-23-5-2/h4-5,8,12-15,23H,2,6-7,9-11H2,1,3H3/b18-4+,24-15?. The summed E-state index contributed by atoms with van der Waals surface area (Å²) >= 11 is 0. The lowest BCUT2D eigenvalue weighted by Crippen LogP contribution is -2.23. The summed E-state index contributed by atoms with van der Waals surface area (Å²) in [6.07, 6.45) is 8.72. The average Bonchev–Trinajstić information content (AvgIpc) is 3.04. The number of halogens is 2. The van der Waals surface area contributed by atoms with Crippen LogP contribution in [0.4, 0.5) is 8.78 Å². The fraction of sp³-hybridized carbons (Fsp3) is 0.400. The molecule has 0 bridgehead atoms. The Morgan fingerprint density at radius 2 is 2.23 bits per heavy atom. The van der Waals surface area contributed by atoms with Gasteiger partial charge in [0.05, 0.1) is 5.70 Å². The third-order valence-electron chi connectivity index (χ3n) is 4.12. The Kier molecular flexibility index (Phi) is 7.06. The summed E-state index contributed by atoms with van der Waals surface area (Å²) in [5, 5.41) is 3.65. The van der Waals surface area contributed by atoms with Crippen LogP contribution in [0.25, 0.3) is 16.7 Å². The van der Waals surface area contributed by atoms with Gasteiger partial charge in [0.2, 0.25) is 5.92 Å². The molecule has 2 aromatic heterocycles. The first-order chi connectivity index (χ1) is 12.5. The van der Waals surface area contributed by atoms with E-state index in [-0.39, 0.29) is 19.4 Å². The highest BCUT2D eigenvalue weighted by molar-refractivity contribution is 6.04. The highest BCUT2D eigenvalue weighted by atomic mass is 19.3. The second-order valence-corrected chi connectivity index (χ2v) is 6.05. The second kappa shape index (κ2) is 9.27.